The van der Waals surface area contributed by atoms with Gasteiger partial charge in [0.05, 0.1) is 0 Å². The van der Waals surface area contributed by atoms with Crippen LogP contribution in [0.3, 0.4) is 0 Å². The Hall–Kier alpha value is -1.48. The molecule has 0 saturated carbocycles. The summed E-state index contributed by atoms with van der Waals surface area (Å²) in [6.07, 6.45) is 4.17. The number of ketones is 1. The van der Waals surface area contributed by atoms with Gasteiger partial charge in [-0.1, -0.05) is 47.7 Å². The minimum atomic E-state index is -0.417. The van der Waals surface area contributed by atoms with Crippen molar-refractivity contribution in [3.8, 4) is 11.1 Å². The predicted molar refractivity (Wildman–Crippen MR) is 107 cm³/mol. The van der Waals surface area contributed by atoms with Crippen LogP contribution in [0.15, 0.2) is 48.2 Å². The molecule has 1 aromatic carbocycles. The van der Waals surface area contributed by atoms with E-state index in [1.54, 1.807) is 6.07 Å². The number of rotatable bonds is 2. The summed E-state index contributed by atoms with van der Waals surface area (Å²) >= 11 is 5.65. The number of aliphatic hydroxyl groups excluding tert-OH is 1. The van der Waals surface area contributed by atoms with E-state index in [0.29, 0.717) is 5.15 Å². The molecule has 0 bridgehead atoms. The van der Waals surface area contributed by atoms with E-state index in [-0.39, 0.29) is 37.1 Å². The summed E-state index contributed by atoms with van der Waals surface area (Å²) in [5, 5.41) is 10.0. The second-order valence-corrected chi connectivity index (χ2v) is 8.35. The average molecular weight is 564 g/mol. The maximum absolute atomic E-state index is 11.5. The number of benzene rings is 1. The minimum absolute atomic E-state index is 0. The summed E-state index contributed by atoms with van der Waals surface area (Å²) in [7, 11) is 0. The second-order valence-electron chi connectivity index (χ2n) is 7.96. The molecule has 2 aromatic rings. The summed E-state index contributed by atoms with van der Waals surface area (Å²) in [5.41, 5.74) is 1.12. The molecule has 0 aliphatic heterocycles. The molecule has 5 heteroatoms. The van der Waals surface area contributed by atoms with Gasteiger partial charge in [-0.05, 0) is 0 Å². The van der Waals surface area contributed by atoms with E-state index in [1.165, 1.54) is 6.08 Å². The molecule has 1 aromatic heterocycles. The Labute approximate surface area is 181 Å². The number of hydrogen-bond acceptors (Lipinski definition) is 3. The van der Waals surface area contributed by atoms with Gasteiger partial charge in [0.1, 0.15) is 5.76 Å². The molecular weight excluding hydrogens is 538 g/mol. The van der Waals surface area contributed by atoms with Crippen molar-refractivity contribution in [3.05, 3.63) is 65.6 Å². The molecule has 0 aliphatic carbocycles. The third-order valence-electron chi connectivity index (χ3n) is 3.45. The van der Waals surface area contributed by atoms with Crippen LogP contribution >= 0.6 is 11.6 Å². The fourth-order valence-corrected chi connectivity index (χ4v) is 1.71. The summed E-state index contributed by atoms with van der Waals surface area (Å²) in [6.45, 7) is 11.1. The van der Waals surface area contributed by atoms with Crippen LogP contribution in [0.2, 0.25) is 5.15 Å². The molecule has 0 spiro atoms. The molecule has 1 N–H and O–H groups in total. The van der Waals surface area contributed by atoms with E-state index < -0.39 is 5.41 Å². The minimum Gasteiger partial charge on any atom is -0.512 e. The van der Waals surface area contributed by atoms with Crippen molar-refractivity contribution in [3.63, 3.8) is 0 Å². The SMILES string of the molecule is CC(C)(C)C(=O)/C=C(\O)C(C)(C)C.Clc1ccc(-c2[c-]cccc2)[c-]n1.[Ir]. The quantitative estimate of drug-likeness (QED) is 0.208. The molecule has 2 rings (SSSR count). The van der Waals surface area contributed by atoms with Crippen molar-refractivity contribution < 1.29 is 30.0 Å². The molecule has 0 unspecified atom stereocenters. The van der Waals surface area contributed by atoms with Crippen LogP contribution in [-0.2, 0) is 24.9 Å². The van der Waals surface area contributed by atoms with Crippen molar-refractivity contribution in [1.82, 2.24) is 4.98 Å². The zero-order chi connectivity index (χ0) is 20.0. The van der Waals surface area contributed by atoms with E-state index in [0.717, 1.165) is 11.1 Å². The van der Waals surface area contributed by atoms with Gasteiger partial charge in [0.15, 0.2) is 5.78 Å². The topological polar surface area (TPSA) is 50.2 Å². The normalized spacial score (nSPS) is 11.7. The third kappa shape index (κ3) is 9.32. The van der Waals surface area contributed by atoms with E-state index in [9.17, 15) is 9.90 Å². The number of aliphatic hydroxyl groups is 1. The smallest absolute Gasteiger partial charge is 0.164 e. The Morgan fingerprint density at radius 3 is 2.07 bits per heavy atom. The molecule has 27 heavy (non-hydrogen) atoms. The number of nitrogens with zero attached hydrogens (tertiary/aromatic N) is 1. The van der Waals surface area contributed by atoms with Gasteiger partial charge in [-0.2, -0.15) is 30.3 Å². The van der Waals surface area contributed by atoms with E-state index >= 15 is 0 Å². The van der Waals surface area contributed by atoms with Crippen molar-refractivity contribution >= 4 is 17.4 Å². The first-order valence-electron chi connectivity index (χ1n) is 8.38. The molecule has 3 nitrogen and oxygen atoms in total. The number of pyridine rings is 1. The van der Waals surface area contributed by atoms with E-state index in [1.807, 2.05) is 71.9 Å². The first-order chi connectivity index (χ1) is 11.9. The zero-order valence-corrected chi connectivity index (χ0v) is 19.7. The predicted octanol–water partition coefficient (Wildman–Crippen LogP) is 6.09. The standard InChI is InChI=1S/C11H6ClN.C11H20O2.Ir/c12-11-7-6-10(8-13-11)9-4-2-1-3-5-9;1-10(2,3)8(12)7-9(13)11(4,5)6;/h1-4,6-7H;7,12H,1-6H3;/q-2;;/b;8-7-;. The molecule has 149 valence electrons. The van der Waals surface area contributed by atoms with Gasteiger partial charge in [0.2, 0.25) is 0 Å². The van der Waals surface area contributed by atoms with Crippen molar-refractivity contribution in [2.75, 3.05) is 0 Å². The number of halogens is 1. The Morgan fingerprint density at radius 1 is 1.04 bits per heavy atom. The van der Waals surface area contributed by atoms with Gasteiger partial charge in [-0.3, -0.25) is 4.79 Å². The van der Waals surface area contributed by atoms with Crippen LogP contribution < -0.4 is 0 Å². The molecular formula is C22H26ClIrNO2-2. The fraction of sp³-hybridized carbons (Fsp3) is 0.364. The zero-order valence-electron chi connectivity index (χ0n) is 16.6. The van der Waals surface area contributed by atoms with Crippen LogP contribution in [0.4, 0.5) is 0 Å². The summed E-state index contributed by atoms with van der Waals surface area (Å²) in [4.78, 5) is 15.4. The number of aromatic nitrogens is 1. The maximum atomic E-state index is 11.5. The fourth-order valence-electron chi connectivity index (χ4n) is 1.61. The van der Waals surface area contributed by atoms with Gasteiger partial charge >= 0.3 is 0 Å². The monoisotopic (exact) mass is 564 g/mol. The number of hydrogen-bond donors (Lipinski definition) is 1. The first kappa shape index (κ1) is 25.5. The number of carbonyl (C=O) groups excluding carboxylic acids is 1. The van der Waals surface area contributed by atoms with Gasteiger partial charge in [-0.15, -0.1) is 23.7 Å². The Kier molecular flexibility index (Phi) is 10.2. The van der Waals surface area contributed by atoms with E-state index in [4.69, 9.17) is 11.6 Å². The Balaban J connectivity index is 0.000000483. The summed E-state index contributed by atoms with van der Waals surface area (Å²) in [5.74, 6) is 0.104. The van der Waals surface area contributed by atoms with Crippen LogP contribution in [0.1, 0.15) is 41.5 Å². The van der Waals surface area contributed by atoms with Gasteiger partial charge in [0.25, 0.3) is 0 Å². The van der Waals surface area contributed by atoms with E-state index in [2.05, 4.69) is 17.2 Å². The van der Waals surface area contributed by atoms with Crippen molar-refractivity contribution in [2.24, 2.45) is 10.8 Å². The molecule has 0 amide bonds. The number of allylic oxidation sites excluding steroid dienone is 2. The summed E-state index contributed by atoms with van der Waals surface area (Å²) < 4.78 is 0. The number of carbonyl (C=O) groups is 1. The summed E-state index contributed by atoms with van der Waals surface area (Å²) in [6, 6.07) is 14.4. The van der Waals surface area contributed by atoms with Crippen LogP contribution in [0.5, 0.6) is 0 Å². The van der Waals surface area contributed by atoms with Gasteiger partial charge < -0.3 is 10.1 Å². The van der Waals surface area contributed by atoms with Crippen molar-refractivity contribution in [2.45, 2.75) is 41.5 Å². The van der Waals surface area contributed by atoms with Gasteiger partial charge in [-0.25, -0.2) is 11.1 Å². The average Bonchev–Trinajstić information content (AvgIpc) is 2.55. The van der Waals surface area contributed by atoms with Crippen LogP contribution in [-0.4, -0.2) is 15.9 Å². The Bertz CT molecular complexity index is 743. The van der Waals surface area contributed by atoms with Crippen LogP contribution in [0, 0.1) is 23.1 Å². The van der Waals surface area contributed by atoms with Crippen molar-refractivity contribution in [1.29, 1.82) is 0 Å². The Morgan fingerprint density at radius 2 is 1.67 bits per heavy atom. The largest absolute Gasteiger partial charge is 0.512 e. The molecule has 0 fully saturated rings. The second kappa shape index (κ2) is 10.8. The molecule has 1 heterocycles. The maximum Gasteiger partial charge on any atom is 0.164 e. The molecule has 0 aliphatic rings. The van der Waals surface area contributed by atoms with Crippen LogP contribution in [0.25, 0.3) is 11.1 Å². The van der Waals surface area contributed by atoms with Gasteiger partial charge in [0, 0.05) is 42.2 Å². The molecule has 0 saturated heterocycles. The molecule has 0 atom stereocenters. The first-order valence-corrected chi connectivity index (χ1v) is 8.76. The molecule has 1 radical (unpaired) electrons. The third-order valence-corrected chi connectivity index (χ3v) is 3.66.